The van der Waals surface area contributed by atoms with E-state index in [9.17, 15) is 18.0 Å². The van der Waals surface area contributed by atoms with Crippen molar-refractivity contribution in [3.8, 4) is 11.1 Å². The third-order valence-electron chi connectivity index (χ3n) is 6.80. The summed E-state index contributed by atoms with van der Waals surface area (Å²) in [5.41, 5.74) is 4.33. The summed E-state index contributed by atoms with van der Waals surface area (Å²) in [4.78, 5) is 27.0. The molecule has 3 aromatic rings. The number of benzene rings is 3. The molecule has 39 heavy (non-hydrogen) atoms. The van der Waals surface area contributed by atoms with Crippen LogP contribution in [0.15, 0.2) is 78.9 Å². The number of ketones is 1. The summed E-state index contributed by atoms with van der Waals surface area (Å²) in [6, 6.07) is 23.9. The van der Waals surface area contributed by atoms with Crippen LogP contribution in [-0.4, -0.2) is 56.4 Å². The van der Waals surface area contributed by atoms with Gasteiger partial charge in [-0.3, -0.25) is 9.59 Å². The number of rotatable bonds is 15. The summed E-state index contributed by atoms with van der Waals surface area (Å²) >= 11 is 0. The van der Waals surface area contributed by atoms with Crippen molar-refractivity contribution in [1.29, 1.82) is 0 Å². The lowest BCUT2D eigenvalue weighted by Gasteiger charge is -2.21. The monoisotopic (exact) mass is 549 g/mol. The van der Waals surface area contributed by atoms with Gasteiger partial charge in [0.05, 0.1) is 11.8 Å². The first-order valence-electron chi connectivity index (χ1n) is 13.5. The van der Waals surface area contributed by atoms with Crippen molar-refractivity contribution in [3.63, 3.8) is 0 Å². The van der Waals surface area contributed by atoms with Gasteiger partial charge in [-0.25, -0.2) is 13.1 Å². The molecule has 7 nitrogen and oxygen atoms in total. The van der Waals surface area contributed by atoms with E-state index < -0.39 is 16.1 Å². The number of carbonyl (C=O) groups is 2. The molecule has 0 unspecified atom stereocenters. The summed E-state index contributed by atoms with van der Waals surface area (Å²) in [6.07, 6.45) is 0.930. The topological polar surface area (TPSA) is 95.6 Å². The Hall–Kier alpha value is -3.33. The number of amides is 1. The lowest BCUT2D eigenvalue weighted by atomic mass is 9.95. The summed E-state index contributed by atoms with van der Waals surface area (Å²) in [7, 11) is -3.67. The van der Waals surface area contributed by atoms with E-state index in [2.05, 4.69) is 10.0 Å². The second-order valence-electron chi connectivity index (χ2n) is 9.55. The van der Waals surface area contributed by atoms with Crippen LogP contribution in [0.5, 0.6) is 0 Å². The maximum absolute atomic E-state index is 13.6. The van der Waals surface area contributed by atoms with Gasteiger partial charge in [0.1, 0.15) is 0 Å². The zero-order chi connectivity index (χ0) is 28.3. The van der Waals surface area contributed by atoms with Gasteiger partial charge in [-0.15, -0.1) is 0 Å². The molecule has 208 valence electrons. The van der Waals surface area contributed by atoms with Crippen LogP contribution in [0.1, 0.15) is 48.7 Å². The molecule has 0 aliphatic rings. The molecule has 2 N–H and O–H groups in total. The molecule has 0 saturated carbocycles. The molecule has 0 saturated heterocycles. The zero-order valence-electron chi connectivity index (χ0n) is 23.0. The highest BCUT2D eigenvalue weighted by atomic mass is 32.2. The van der Waals surface area contributed by atoms with Gasteiger partial charge in [-0.2, -0.15) is 0 Å². The lowest BCUT2D eigenvalue weighted by Crippen LogP contribution is -2.44. The van der Waals surface area contributed by atoms with Crippen molar-refractivity contribution in [2.24, 2.45) is 0 Å². The number of hydrogen-bond donors (Lipinski definition) is 2. The number of Topliss-reactive ketones (excluding diaryl/α,β-unsaturated/α-hetero) is 1. The summed E-state index contributed by atoms with van der Waals surface area (Å²) < 4.78 is 28.7. The van der Waals surface area contributed by atoms with E-state index in [0.29, 0.717) is 31.5 Å². The fourth-order valence-electron chi connectivity index (χ4n) is 4.46. The number of nitrogens with zero attached hydrogens (tertiary/aromatic N) is 1. The van der Waals surface area contributed by atoms with E-state index in [-0.39, 0.29) is 17.4 Å². The van der Waals surface area contributed by atoms with E-state index >= 15 is 0 Å². The Morgan fingerprint density at radius 2 is 1.51 bits per heavy atom. The molecule has 1 atom stereocenters. The largest absolute Gasteiger partial charge is 0.352 e. The van der Waals surface area contributed by atoms with E-state index in [0.717, 1.165) is 35.3 Å². The average molecular weight is 550 g/mol. The third-order valence-corrected chi connectivity index (χ3v) is 8.16. The zero-order valence-corrected chi connectivity index (χ0v) is 23.8. The first-order chi connectivity index (χ1) is 18.7. The number of aryl methyl sites for hydroxylation is 1. The fourth-order valence-corrected chi connectivity index (χ4v) is 5.73. The molecule has 0 bridgehead atoms. The minimum atomic E-state index is -3.67. The fraction of sp³-hybridized carbons (Fsp3) is 0.355. The van der Waals surface area contributed by atoms with Crippen LogP contribution >= 0.6 is 0 Å². The van der Waals surface area contributed by atoms with Gasteiger partial charge in [-0.1, -0.05) is 92.7 Å². The minimum absolute atomic E-state index is 0.0617. The van der Waals surface area contributed by atoms with Gasteiger partial charge in [0, 0.05) is 25.6 Å². The van der Waals surface area contributed by atoms with Gasteiger partial charge in [0.2, 0.25) is 15.9 Å². The molecule has 0 aromatic heterocycles. The van der Waals surface area contributed by atoms with Gasteiger partial charge >= 0.3 is 0 Å². The first-order valence-corrected chi connectivity index (χ1v) is 15.1. The molecule has 3 rings (SSSR count). The number of sulfonamides is 1. The second kappa shape index (κ2) is 14.7. The van der Waals surface area contributed by atoms with Gasteiger partial charge in [0.15, 0.2) is 5.78 Å². The smallest absolute Gasteiger partial charge is 0.217 e. The summed E-state index contributed by atoms with van der Waals surface area (Å²) in [6.45, 7) is 7.83. The van der Waals surface area contributed by atoms with E-state index in [1.807, 2.05) is 85.5 Å². The van der Waals surface area contributed by atoms with Crippen molar-refractivity contribution in [3.05, 3.63) is 95.6 Å². The van der Waals surface area contributed by atoms with Crippen LogP contribution in [0, 0.1) is 0 Å². The average Bonchev–Trinajstić information content (AvgIpc) is 2.95. The lowest BCUT2D eigenvalue weighted by molar-refractivity contribution is -0.119. The molecule has 0 radical (unpaired) electrons. The molecular weight excluding hydrogens is 510 g/mol. The van der Waals surface area contributed by atoms with Crippen LogP contribution in [0.4, 0.5) is 0 Å². The van der Waals surface area contributed by atoms with Crippen LogP contribution in [-0.2, 0) is 27.8 Å². The molecule has 1 amide bonds. The quantitative estimate of drug-likeness (QED) is 0.274. The molecule has 0 heterocycles. The highest BCUT2D eigenvalue weighted by molar-refractivity contribution is 7.89. The molecule has 3 aromatic carbocycles. The Kier molecular flexibility index (Phi) is 11.4. The SMILES string of the molecule is CCN(CC)CCS(=O)(=O)N[C@H](CCc1ccccc1)C(=O)c1ccc(-c2ccccc2CNC(C)=O)cc1. The van der Waals surface area contributed by atoms with Crippen LogP contribution < -0.4 is 10.0 Å². The second-order valence-corrected chi connectivity index (χ2v) is 11.4. The van der Waals surface area contributed by atoms with Gasteiger partial charge in [0.25, 0.3) is 0 Å². The van der Waals surface area contributed by atoms with Crippen molar-refractivity contribution in [2.75, 3.05) is 25.4 Å². The minimum Gasteiger partial charge on any atom is -0.352 e. The van der Waals surface area contributed by atoms with Gasteiger partial charge < -0.3 is 10.2 Å². The predicted octanol–water partition coefficient (Wildman–Crippen LogP) is 4.44. The van der Waals surface area contributed by atoms with Gasteiger partial charge in [-0.05, 0) is 48.2 Å². The van der Waals surface area contributed by atoms with Crippen molar-refractivity contribution in [2.45, 2.75) is 46.2 Å². The molecule has 0 spiro atoms. The Bertz CT molecular complexity index is 1320. The summed E-state index contributed by atoms with van der Waals surface area (Å²) in [5.74, 6) is -0.421. The summed E-state index contributed by atoms with van der Waals surface area (Å²) in [5, 5.41) is 2.83. The molecule has 0 aliphatic carbocycles. The Morgan fingerprint density at radius 3 is 2.15 bits per heavy atom. The predicted molar refractivity (Wildman–Crippen MR) is 157 cm³/mol. The molecule has 0 aliphatic heterocycles. The molecular formula is C31H39N3O4S. The van der Waals surface area contributed by atoms with Crippen molar-refractivity contribution in [1.82, 2.24) is 14.9 Å². The van der Waals surface area contributed by atoms with E-state index in [1.54, 1.807) is 12.1 Å². The third kappa shape index (κ3) is 9.42. The highest BCUT2D eigenvalue weighted by Gasteiger charge is 2.26. The Labute approximate surface area is 232 Å². The molecule has 8 heteroatoms. The van der Waals surface area contributed by atoms with E-state index in [1.165, 1.54) is 6.92 Å². The number of carbonyl (C=O) groups excluding carboxylic acids is 2. The normalized spacial score (nSPS) is 12.3. The van der Waals surface area contributed by atoms with Crippen LogP contribution in [0.2, 0.25) is 0 Å². The number of nitrogens with one attached hydrogen (secondary N) is 2. The number of hydrogen-bond acceptors (Lipinski definition) is 5. The maximum Gasteiger partial charge on any atom is 0.217 e. The first kappa shape index (κ1) is 30.2. The Morgan fingerprint density at radius 1 is 0.872 bits per heavy atom. The molecule has 0 fully saturated rings. The maximum atomic E-state index is 13.6. The van der Waals surface area contributed by atoms with Crippen molar-refractivity contribution >= 4 is 21.7 Å². The Balaban J connectivity index is 1.80. The highest BCUT2D eigenvalue weighted by Crippen LogP contribution is 2.25. The van der Waals surface area contributed by atoms with Crippen molar-refractivity contribution < 1.29 is 18.0 Å². The van der Waals surface area contributed by atoms with E-state index in [4.69, 9.17) is 0 Å². The van der Waals surface area contributed by atoms with Crippen LogP contribution in [0.25, 0.3) is 11.1 Å². The van der Waals surface area contributed by atoms with Crippen LogP contribution in [0.3, 0.4) is 0 Å². The standard InChI is InChI=1S/C31H39N3O4S/c1-4-34(5-2)21-22-39(37,38)33-30(20-15-25-11-7-6-8-12-25)31(36)27-18-16-26(17-19-27)29-14-10-9-13-28(29)23-32-24(3)35/h6-14,16-19,30,33H,4-5,15,20-23H2,1-3H3,(H,32,35)/t30-/m1/s1.